The Morgan fingerprint density at radius 2 is 1.94 bits per heavy atom. The molecule has 0 unspecified atom stereocenters. The maximum atomic E-state index is 9.26. The maximum absolute atomic E-state index is 9.26. The summed E-state index contributed by atoms with van der Waals surface area (Å²) in [6.45, 7) is 3.92. The minimum Gasteiger partial charge on any atom is -0.392 e. The van der Waals surface area contributed by atoms with Gasteiger partial charge in [0.25, 0.3) is 0 Å². The van der Waals surface area contributed by atoms with Crippen LogP contribution in [0.25, 0.3) is 0 Å². The Hall–Kier alpha value is -1.13. The summed E-state index contributed by atoms with van der Waals surface area (Å²) in [4.78, 5) is 8.49. The summed E-state index contributed by atoms with van der Waals surface area (Å²) in [6, 6.07) is 2.02. The number of hydrogen-bond acceptors (Lipinski definition) is 4. The van der Waals surface area contributed by atoms with Crippen molar-refractivity contribution in [2.75, 3.05) is 39.1 Å². The molecule has 0 aliphatic rings. The molecule has 0 aliphatic heterocycles. The zero-order chi connectivity index (χ0) is 12.1. The fraction of sp³-hybridized carbons (Fsp3) is 0.583. The molecule has 90 valence electrons. The Morgan fingerprint density at radius 1 is 1.25 bits per heavy atom. The van der Waals surface area contributed by atoms with Crippen LogP contribution in [-0.4, -0.2) is 49.2 Å². The lowest BCUT2D eigenvalue weighted by Crippen LogP contribution is -2.29. The van der Waals surface area contributed by atoms with Gasteiger partial charge in [-0.3, -0.25) is 4.98 Å². The van der Waals surface area contributed by atoms with Crippen molar-refractivity contribution in [2.45, 2.75) is 13.5 Å². The number of aryl methyl sites for hydroxylation is 1. The van der Waals surface area contributed by atoms with Crippen LogP contribution in [0.2, 0.25) is 0 Å². The number of likely N-dealkylation sites (N-methyl/N-ethyl adjacent to an activating group) is 2. The van der Waals surface area contributed by atoms with E-state index < -0.39 is 0 Å². The number of aliphatic hydroxyl groups is 1. The zero-order valence-corrected chi connectivity index (χ0v) is 10.6. The van der Waals surface area contributed by atoms with E-state index in [-0.39, 0.29) is 6.61 Å². The first kappa shape index (κ1) is 12.9. The van der Waals surface area contributed by atoms with Gasteiger partial charge in [0, 0.05) is 43.3 Å². The van der Waals surface area contributed by atoms with Gasteiger partial charge in [-0.1, -0.05) is 0 Å². The van der Waals surface area contributed by atoms with Crippen LogP contribution >= 0.6 is 0 Å². The van der Waals surface area contributed by atoms with Crippen LogP contribution in [0, 0.1) is 6.92 Å². The van der Waals surface area contributed by atoms with Gasteiger partial charge in [-0.25, -0.2) is 0 Å². The molecule has 0 saturated carbocycles. The molecule has 4 nitrogen and oxygen atoms in total. The first-order valence-electron chi connectivity index (χ1n) is 5.47. The molecule has 4 heteroatoms. The van der Waals surface area contributed by atoms with Crippen molar-refractivity contribution in [3.63, 3.8) is 0 Å². The van der Waals surface area contributed by atoms with Crippen molar-refractivity contribution in [1.82, 2.24) is 9.88 Å². The lowest BCUT2D eigenvalue weighted by Gasteiger charge is -2.23. The molecule has 0 radical (unpaired) electrons. The molecular formula is C12H21N3O. The third kappa shape index (κ3) is 3.47. The third-order valence-electron chi connectivity index (χ3n) is 2.56. The van der Waals surface area contributed by atoms with Crippen LogP contribution in [0.5, 0.6) is 0 Å². The maximum Gasteiger partial charge on any atom is 0.0717 e. The molecule has 0 spiro atoms. The minimum atomic E-state index is 0.0366. The standard InChI is InChI=1S/C12H21N3O/c1-10-7-12(11(9-16)8-13-10)15(4)6-5-14(2)3/h7-8,16H,5-6,9H2,1-4H3. The summed E-state index contributed by atoms with van der Waals surface area (Å²) in [5.41, 5.74) is 2.92. The zero-order valence-electron chi connectivity index (χ0n) is 10.6. The Balaban J connectivity index is 2.80. The molecular weight excluding hydrogens is 202 g/mol. The van der Waals surface area contributed by atoms with Crippen LogP contribution in [0.15, 0.2) is 12.3 Å². The quantitative estimate of drug-likeness (QED) is 0.804. The summed E-state index contributed by atoms with van der Waals surface area (Å²) in [5, 5.41) is 9.26. The monoisotopic (exact) mass is 223 g/mol. The summed E-state index contributed by atoms with van der Waals surface area (Å²) in [6.07, 6.45) is 1.75. The molecule has 0 aromatic carbocycles. The number of nitrogens with zero attached hydrogens (tertiary/aromatic N) is 3. The van der Waals surface area contributed by atoms with Gasteiger partial charge in [0.1, 0.15) is 0 Å². The Kier molecular flexibility index (Phi) is 4.71. The third-order valence-corrected chi connectivity index (χ3v) is 2.56. The second-order valence-corrected chi connectivity index (χ2v) is 4.34. The first-order chi connectivity index (χ1) is 7.54. The van der Waals surface area contributed by atoms with E-state index in [1.807, 2.05) is 20.0 Å². The topological polar surface area (TPSA) is 39.6 Å². The van der Waals surface area contributed by atoms with Gasteiger partial charge in [0.05, 0.1) is 6.61 Å². The van der Waals surface area contributed by atoms with E-state index in [4.69, 9.17) is 0 Å². The summed E-state index contributed by atoms with van der Waals surface area (Å²) in [7, 11) is 6.15. The van der Waals surface area contributed by atoms with Gasteiger partial charge in [-0.2, -0.15) is 0 Å². The number of rotatable bonds is 5. The summed E-state index contributed by atoms with van der Waals surface area (Å²) < 4.78 is 0. The fourth-order valence-corrected chi connectivity index (χ4v) is 1.52. The minimum absolute atomic E-state index is 0.0366. The van der Waals surface area contributed by atoms with E-state index in [1.54, 1.807) is 6.20 Å². The number of aromatic nitrogens is 1. The highest BCUT2D eigenvalue weighted by atomic mass is 16.3. The lowest BCUT2D eigenvalue weighted by atomic mass is 10.2. The van der Waals surface area contributed by atoms with E-state index in [0.717, 1.165) is 30.0 Å². The second-order valence-electron chi connectivity index (χ2n) is 4.34. The number of pyridine rings is 1. The van der Waals surface area contributed by atoms with Crippen molar-refractivity contribution >= 4 is 5.69 Å². The van der Waals surface area contributed by atoms with Gasteiger partial charge in [-0.05, 0) is 27.1 Å². The molecule has 1 rings (SSSR count). The summed E-state index contributed by atoms with van der Waals surface area (Å²) in [5.74, 6) is 0. The van der Waals surface area contributed by atoms with Crippen molar-refractivity contribution in [3.8, 4) is 0 Å². The molecule has 0 fully saturated rings. The molecule has 1 N–H and O–H groups in total. The second kappa shape index (κ2) is 5.82. The summed E-state index contributed by atoms with van der Waals surface area (Å²) >= 11 is 0. The fourth-order valence-electron chi connectivity index (χ4n) is 1.52. The van der Waals surface area contributed by atoms with Crippen LogP contribution in [-0.2, 0) is 6.61 Å². The van der Waals surface area contributed by atoms with E-state index in [0.29, 0.717) is 0 Å². The number of aliphatic hydroxyl groups excluding tert-OH is 1. The Labute approximate surface area is 97.5 Å². The molecule has 0 amide bonds. The Bertz CT molecular complexity index is 339. The van der Waals surface area contributed by atoms with E-state index in [1.165, 1.54) is 0 Å². The van der Waals surface area contributed by atoms with E-state index >= 15 is 0 Å². The Morgan fingerprint density at radius 3 is 2.50 bits per heavy atom. The number of anilines is 1. The van der Waals surface area contributed by atoms with E-state index in [2.05, 4.69) is 28.9 Å². The van der Waals surface area contributed by atoms with Gasteiger partial charge in [0.2, 0.25) is 0 Å². The van der Waals surface area contributed by atoms with Gasteiger partial charge in [-0.15, -0.1) is 0 Å². The molecule has 1 aromatic heterocycles. The van der Waals surface area contributed by atoms with Crippen molar-refractivity contribution < 1.29 is 5.11 Å². The lowest BCUT2D eigenvalue weighted by molar-refractivity contribution is 0.281. The first-order valence-corrected chi connectivity index (χ1v) is 5.47. The van der Waals surface area contributed by atoms with Crippen molar-refractivity contribution in [1.29, 1.82) is 0 Å². The average Bonchev–Trinajstić information content (AvgIpc) is 2.25. The van der Waals surface area contributed by atoms with Crippen molar-refractivity contribution in [3.05, 3.63) is 23.5 Å². The molecule has 0 atom stereocenters. The van der Waals surface area contributed by atoms with Crippen LogP contribution in [0.3, 0.4) is 0 Å². The highest BCUT2D eigenvalue weighted by Gasteiger charge is 2.08. The SMILES string of the molecule is Cc1cc(N(C)CCN(C)C)c(CO)cn1. The van der Waals surface area contributed by atoms with Gasteiger partial charge in [0.15, 0.2) is 0 Å². The normalized spacial score (nSPS) is 10.9. The molecule has 1 heterocycles. The molecule has 0 saturated heterocycles. The van der Waals surface area contributed by atoms with Crippen molar-refractivity contribution in [2.24, 2.45) is 0 Å². The average molecular weight is 223 g/mol. The number of hydrogen-bond donors (Lipinski definition) is 1. The van der Waals surface area contributed by atoms with Crippen LogP contribution in [0.1, 0.15) is 11.3 Å². The predicted octanol–water partition coefficient (Wildman–Crippen LogP) is 0.880. The molecule has 16 heavy (non-hydrogen) atoms. The van der Waals surface area contributed by atoms with Crippen LogP contribution < -0.4 is 4.90 Å². The van der Waals surface area contributed by atoms with E-state index in [9.17, 15) is 5.11 Å². The molecule has 0 bridgehead atoms. The largest absolute Gasteiger partial charge is 0.392 e. The van der Waals surface area contributed by atoms with Gasteiger partial charge < -0.3 is 14.9 Å². The molecule has 1 aromatic rings. The van der Waals surface area contributed by atoms with Gasteiger partial charge >= 0.3 is 0 Å². The molecule has 0 aliphatic carbocycles. The highest BCUT2D eigenvalue weighted by Crippen LogP contribution is 2.19. The van der Waals surface area contributed by atoms with Crippen LogP contribution in [0.4, 0.5) is 5.69 Å². The predicted molar refractivity (Wildman–Crippen MR) is 66.7 cm³/mol. The highest BCUT2D eigenvalue weighted by molar-refractivity contribution is 5.52. The smallest absolute Gasteiger partial charge is 0.0717 e.